The molecule has 0 aliphatic heterocycles. The number of nitrogens with one attached hydrogen (secondary N) is 1. The second kappa shape index (κ2) is 10.7. The van der Waals surface area contributed by atoms with Gasteiger partial charge in [0, 0.05) is 18.6 Å². The molecule has 2 aromatic rings. The lowest BCUT2D eigenvalue weighted by atomic mass is 10.1. The van der Waals surface area contributed by atoms with Crippen molar-refractivity contribution in [2.75, 3.05) is 27.3 Å². The molecule has 2 amide bonds. The van der Waals surface area contributed by atoms with Crippen LogP contribution in [0.3, 0.4) is 0 Å². The molecule has 0 aliphatic rings. The quantitative estimate of drug-likeness (QED) is 0.654. The second-order valence-corrected chi connectivity index (χ2v) is 8.44. The van der Waals surface area contributed by atoms with Crippen LogP contribution in [0, 0.1) is 0 Å². The highest BCUT2D eigenvalue weighted by Gasteiger charge is 2.20. The Kier molecular flexibility index (Phi) is 8.34. The summed E-state index contributed by atoms with van der Waals surface area (Å²) in [5, 5.41) is 3.08. The van der Waals surface area contributed by atoms with Crippen LogP contribution in [0.5, 0.6) is 11.5 Å². The van der Waals surface area contributed by atoms with Gasteiger partial charge in [-0.15, -0.1) is 0 Å². The van der Waals surface area contributed by atoms with E-state index < -0.39 is 0 Å². The van der Waals surface area contributed by atoms with Crippen LogP contribution in [-0.2, 0) is 6.42 Å². The van der Waals surface area contributed by atoms with Crippen LogP contribution in [-0.4, -0.2) is 43.8 Å². The normalized spacial score (nSPS) is 11.7. The van der Waals surface area contributed by atoms with E-state index in [1.807, 2.05) is 62.1 Å². The average molecular weight is 411 g/mol. The molecule has 0 bridgehead atoms. The Hall–Kier alpha value is -2.95. The van der Waals surface area contributed by atoms with Gasteiger partial charge in [0.25, 0.3) is 0 Å². The first-order valence-corrected chi connectivity index (χ1v) is 10.2. The van der Waals surface area contributed by atoms with Crippen molar-refractivity contribution in [3.05, 3.63) is 65.2 Å². The molecule has 0 aromatic heterocycles. The molecule has 2 rings (SSSR count). The Balaban J connectivity index is 2.15. The molecule has 30 heavy (non-hydrogen) atoms. The maximum atomic E-state index is 12.9. The number of methoxy groups -OCH3 is 2. The zero-order valence-electron chi connectivity index (χ0n) is 19.0. The van der Waals surface area contributed by atoms with Crippen LogP contribution in [0.4, 0.5) is 4.79 Å². The van der Waals surface area contributed by atoms with Crippen LogP contribution < -0.4 is 14.8 Å². The monoisotopic (exact) mass is 410 g/mol. The molecule has 0 saturated heterocycles. The van der Waals surface area contributed by atoms with Gasteiger partial charge < -0.3 is 19.7 Å². The van der Waals surface area contributed by atoms with Crippen molar-refractivity contribution in [1.82, 2.24) is 10.2 Å². The van der Waals surface area contributed by atoms with Crippen LogP contribution >= 0.6 is 0 Å². The van der Waals surface area contributed by atoms with Crippen molar-refractivity contribution < 1.29 is 14.3 Å². The van der Waals surface area contributed by atoms with Crippen LogP contribution in [0.25, 0.3) is 6.08 Å². The molecule has 2 aromatic carbocycles. The lowest BCUT2D eigenvalue weighted by Gasteiger charge is -2.29. The number of urea groups is 1. The summed E-state index contributed by atoms with van der Waals surface area (Å²) in [6.07, 6.45) is 2.84. The Labute approximate surface area is 180 Å². The van der Waals surface area contributed by atoms with E-state index in [0.29, 0.717) is 24.6 Å². The van der Waals surface area contributed by atoms with Crippen molar-refractivity contribution in [3.63, 3.8) is 0 Å². The molecule has 162 valence electrons. The van der Waals surface area contributed by atoms with E-state index in [1.165, 1.54) is 0 Å². The van der Waals surface area contributed by atoms with Gasteiger partial charge in [-0.1, -0.05) is 48.0 Å². The van der Waals surface area contributed by atoms with Gasteiger partial charge in [-0.25, -0.2) is 4.79 Å². The van der Waals surface area contributed by atoms with Gasteiger partial charge >= 0.3 is 6.03 Å². The Morgan fingerprint density at radius 1 is 1.03 bits per heavy atom. The molecule has 0 radical (unpaired) electrons. The number of amides is 2. The predicted molar refractivity (Wildman–Crippen MR) is 123 cm³/mol. The zero-order valence-corrected chi connectivity index (χ0v) is 19.0. The summed E-state index contributed by atoms with van der Waals surface area (Å²) in [7, 11) is 3.25. The summed E-state index contributed by atoms with van der Waals surface area (Å²) < 4.78 is 10.7. The SMILES string of the molecule is COc1ccc(CCN(C/C(C)=C/c2ccccc2)C(=O)NC(C)(C)C)cc1OC. The van der Waals surface area contributed by atoms with Gasteiger partial charge in [0.15, 0.2) is 11.5 Å². The lowest BCUT2D eigenvalue weighted by Crippen LogP contribution is -2.49. The Morgan fingerprint density at radius 2 is 1.70 bits per heavy atom. The number of nitrogens with zero attached hydrogens (tertiary/aromatic N) is 1. The van der Waals surface area contributed by atoms with Crippen LogP contribution in [0.2, 0.25) is 0 Å². The molecule has 0 aliphatic carbocycles. The van der Waals surface area contributed by atoms with E-state index in [2.05, 4.69) is 30.4 Å². The molecule has 0 atom stereocenters. The van der Waals surface area contributed by atoms with E-state index in [1.54, 1.807) is 14.2 Å². The summed E-state index contributed by atoms with van der Waals surface area (Å²) in [5.74, 6) is 1.39. The fraction of sp³-hybridized carbons (Fsp3) is 0.400. The smallest absolute Gasteiger partial charge is 0.318 e. The molecular formula is C25H34N2O3. The molecule has 1 N–H and O–H groups in total. The standard InChI is InChI=1S/C25H34N2O3/c1-19(16-20-10-8-7-9-11-20)18-27(24(28)26-25(2,3)4)15-14-21-12-13-22(29-5)23(17-21)30-6/h7-13,16-17H,14-15,18H2,1-6H3,(H,26,28)/b19-16+. The third kappa shape index (κ3) is 7.47. The molecule has 5 heteroatoms. The van der Waals surface area contributed by atoms with E-state index in [4.69, 9.17) is 9.47 Å². The topological polar surface area (TPSA) is 50.8 Å². The minimum atomic E-state index is -0.296. The number of hydrogen-bond donors (Lipinski definition) is 1. The number of ether oxygens (including phenoxy) is 2. The number of hydrogen-bond acceptors (Lipinski definition) is 3. The van der Waals surface area contributed by atoms with Crippen molar-refractivity contribution in [2.24, 2.45) is 0 Å². The molecule has 0 unspecified atom stereocenters. The summed E-state index contributed by atoms with van der Waals surface area (Å²) in [6.45, 7) is 9.18. The van der Waals surface area contributed by atoms with E-state index in [0.717, 1.165) is 23.1 Å². The molecule has 5 nitrogen and oxygen atoms in total. The highest BCUT2D eigenvalue weighted by Crippen LogP contribution is 2.27. The van der Waals surface area contributed by atoms with Crippen molar-refractivity contribution in [1.29, 1.82) is 0 Å². The van der Waals surface area contributed by atoms with Gasteiger partial charge in [-0.3, -0.25) is 0 Å². The Morgan fingerprint density at radius 3 is 2.30 bits per heavy atom. The fourth-order valence-corrected chi connectivity index (χ4v) is 3.13. The van der Waals surface area contributed by atoms with Crippen molar-refractivity contribution >= 4 is 12.1 Å². The molecular weight excluding hydrogens is 376 g/mol. The van der Waals surface area contributed by atoms with Gasteiger partial charge in [-0.05, 0) is 57.4 Å². The van der Waals surface area contributed by atoms with Gasteiger partial charge in [0.05, 0.1) is 14.2 Å². The largest absolute Gasteiger partial charge is 0.493 e. The first-order chi connectivity index (χ1) is 14.2. The van der Waals surface area contributed by atoms with Gasteiger partial charge in [0.1, 0.15) is 0 Å². The minimum Gasteiger partial charge on any atom is -0.493 e. The molecule has 0 heterocycles. The van der Waals surface area contributed by atoms with Crippen LogP contribution in [0.15, 0.2) is 54.1 Å². The predicted octanol–water partition coefficient (Wildman–Crippen LogP) is 5.16. The molecule has 0 spiro atoms. The van der Waals surface area contributed by atoms with Crippen molar-refractivity contribution in [3.8, 4) is 11.5 Å². The Bertz CT molecular complexity index is 854. The maximum absolute atomic E-state index is 12.9. The summed E-state index contributed by atoms with van der Waals surface area (Å²) in [4.78, 5) is 14.8. The number of carbonyl (C=O) groups is 1. The maximum Gasteiger partial charge on any atom is 0.318 e. The lowest BCUT2D eigenvalue weighted by molar-refractivity contribution is 0.193. The fourth-order valence-electron chi connectivity index (χ4n) is 3.13. The van der Waals surface area contributed by atoms with E-state index in [-0.39, 0.29) is 11.6 Å². The van der Waals surface area contributed by atoms with Crippen LogP contribution in [0.1, 0.15) is 38.8 Å². The van der Waals surface area contributed by atoms with E-state index in [9.17, 15) is 4.79 Å². The second-order valence-electron chi connectivity index (χ2n) is 8.44. The first kappa shape index (κ1) is 23.3. The average Bonchev–Trinajstić information content (AvgIpc) is 2.70. The summed E-state index contributed by atoms with van der Waals surface area (Å²) in [5.41, 5.74) is 3.05. The highest BCUT2D eigenvalue weighted by atomic mass is 16.5. The number of benzene rings is 2. The van der Waals surface area contributed by atoms with Crippen molar-refractivity contribution in [2.45, 2.75) is 39.7 Å². The highest BCUT2D eigenvalue weighted by molar-refractivity contribution is 5.75. The number of carbonyl (C=O) groups excluding carboxylic acids is 1. The van der Waals surface area contributed by atoms with Gasteiger partial charge in [-0.2, -0.15) is 0 Å². The summed E-state index contributed by atoms with van der Waals surface area (Å²) in [6, 6.07) is 16.0. The third-order valence-corrected chi connectivity index (χ3v) is 4.54. The summed E-state index contributed by atoms with van der Waals surface area (Å²) >= 11 is 0. The van der Waals surface area contributed by atoms with E-state index >= 15 is 0 Å². The van der Waals surface area contributed by atoms with Gasteiger partial charge in [0.2, 0.25) is 0 Å². The number of rotatable bonds is 8. The molecule has 0 saturated carbocycles. The zero-order chi connectivity index (χ0) is 22.1. The minimum absolute atomic E-state index is 0.0659. The first-order valence-electron chi connectivity index (χ1n) is 10.2. The third-order valence-electron chi connectivity index (χ3n) is 4.54. The molecule has 0 fully saturated rings.